The number of rotatable bonds is 13. The number of benzene rings is 3. The molecule has 5 aromatic rings. The molecule has 15 nitrogen and oxygen atoms in total. The van der Waals surface area contributed by atoms with Gasteiger partial charge in [-0.2, -0.15) is 5.01 Å². The Labute approximate surface area is 285 Å². The van der Waals surface area contributed by atoms with Crippen molar-refractivity contribution in [1.29, 1.82) is 0 Å². The van der Waals surface area contributed by atoms with Crippen LogP contribution in [0.2, 0.25) is 0 Å². The highest BCUT2D eigenvalue weighted by Gasteiger charge is 2.30. The number of amides is 2. The van der Waals surface area contributed by atoms with E-state index < -0.39 is 37.2 Å². The van der Waals surface area contributed by atoms with E-state index in [0.29, 0.717) is 0 Å². The lowest BCUT2D eigenvalue weighted by Crippen LogP contribution is -2.46. The minimum absolute atomic E-state index is 0.00393. The predicted octanol–water partition coefficient (Wildman–Crippen LogP) is 4.48. The Morgan fingerprint density at radius 2 is 1.54 bits per heavy atom. The molecular formula is C35H33N7O8. The van der Waals surface area contributed by atoms with Crippen LogP contribution >= 0.6 is 0 Å². The number of esters is 1. The molecule has 2 aromatic heterocycles. The average Bonchev–Trinajstić information content (AvgIpc) is 3.62. The number of nitrogens with zero attached hydrogens (tertiary/aromatic N) is 5. The van der Waals surface area contributed by atoms with Crippen molar-refractivity contribution in [3.05, 3.63) is 108 Å². The molecule has 2 amide bonds. The molecular weight excluding hydrogens is 646 g/mol. The number of carbonyl (C=O) groups is 4. The standard InChI is InChI=1S/C35H33N7O8/c1-2-48-30(45)18-41(40-35(47)50-20-27-25-14-8-6-12-23(25)24-13-7-9-15-26(24)27)16-28-38-31-32(36-21-37-33(31)42(28)17-29(43)44)39-34(46)49-19-22-10-4-3-5-11-22/h3-15,21,27H,2,16-20H2,1H3,(H,40,47)(H,43,44)(H,36,37,39,46). The van der Waals surface area contributed by atoms with Crippen LogP contribution in [0.25, 0.3) is 22.3 Å². The van der Waals surface area contributed by atoms with E-state index in [1.54, 1.807) is 19.1 Å². The molecule has 6 rings (SSSR count). The Morgan fingerprint density at radius 1 is 0.860 bits per heavy atom. The number of hydrogen-bond acceptors (Lipinski definition) is 11. The monoisotopic (exact) mass is 679 g/mol. The smallest absolute Gasteiger partial charge is 0.421 e. The first kappa shape index (κ1) is 33.5. The van der Waals surface area contributed by atoms with Crippen LogP contribution in [0, 0.1) is 0 Å². The molecule has 15 heteroatoms. The van der Waals surface area contributed by atoms with Gasteiger partial charge in [0.15, 0.2) is 17.0 Å². The molecule has 0 bridgehead atoms. The fourth-order valence-corrected chi connectivity index (χ4v) is 5.78. The Morgan fingerprint density at radius 3 is 2.22 bits per heavy atom. The van der Waals surface area contributed by atoms with Gasteiger partial charge < -0.3 is 23.9 Å². The maximum Gasteiger partial charge on any atom is 0.421 e. The average molecular weight is 680 g/mol. The van der Waals surface area contributed by atoms with Gasteiger partial charge in [-0.3, -0.25) is 20.3 Å². The summed E-state index contributed by atoms with van der Waals surface area (Å²) in [7, 11) is 0. The second kappa shape index (κ2) is 15.3. The fraction of sp³-hybridized carbons (Fsp3) is 0.229. The van der Waals surface area contributed by atoms with Crippen LogP contribution in [0.4, 0.5) is 15.4 Å². The molecule has 0 unspecified atom stereocenters. The maximum absolute atomic E-state index is 13.2. The van der Waals surface area contributed by atoms with E-state index in [4.69, 9.17) is 14.2 Å². The molecule has 0 fully saturated rings. The first-order valence-corrected chi connectivity index (χ1v) is 15.7. The van der Waals surface area contributed by atoms with Crippen molar-refractivity contribution < 1.29 is 38.5 Å². The summed E-state index contributed by atoms with van der Waals surface area (Å²) in [6.07, 6.45) is -0.519. The van der Waals surface area contributed by atoms with Gasteiger partial charge in [-0.1, -0.05) is 78.9 Å². The van der Waals surface area contributed by atoms with Gasteiger partial charge in [0.2, 0.25) is 0 Å². The quantitative estimate of drug-likeness (QED) is 0.0901. The number of aliphatic carboxylic acids is 1. The molecule has 0 saturated carbocycles. The summed E-state index contributed by atoms with van der Waals surface area (Å²) in [5.74, 6) is -2.00. The van der Waals surface area contributed by atoms with Gasteiger partial charge in [0.25, 0.3) is 0 Å². The number of carboxylic acids is 1. The van der Waals surface area contributed by atoms with Crippen LogP contribution in [0.15, 0.2) is 85.2 Å². The molecule has 3 aromatic carbocycles. The highest BCUT2D eigenvalue weighted by molar-refractivity contribution is 5.94. The molecule has 3 N–H and O–H groups in total. The van der Waals surface area contributed by atoms with Crippen LogP contribution in [-0.2, 0) is 43.5 Å². The summed E-state index contributed by atoms with van der Waals surface area (Å²) in [5.41, 5.74) is 7.70. The minimum Gasteiger partial charge on any atom is -0.480 e. The molecule has 1 aliphatic rings. The Balaban J connectivity index is 1.20. The summed E-state index contributed by atoms with van der Waals surface area (Å²) in [6.45, 7) is 0.506. The maximum atomic E-state index is 13.2. The van der Waals surface area contributed by atoms with E-state index in [9.17, 15) is 24.3 Å². The van der Waals surface area contributed by atoms with Crippen molar-refractivity contribution in [3.8, 4) is 11.1 Å². The summed E-state index contributed by atoms with van der Waals surface area (Å²) in [5, 5.41) is 13.4. The topological polar surface area (TPSA) is 187 Å². The molecule has 0 spiro atoms. The van der Waals surface area contributed by atoms with Gasteiger partial charge in [0.1, 0.15) is 38.5 Å². The zero-order chi connectivity index (χ0) is 35.0. The summed E-state index contributed by atoms with van der Waals surface area (Å²) in [4.78, 5) is 63.1. The number of anilines is 1. The fourth-order valence-electron chi connectivity index (χ4n) is 5.78. The minimum atomic E-state index is -1.21. The van der Waals surface area contributed by atoms with E-state index in [1.165, 1.54) is 9.58 Å². The van der Waals surface area contributed by atoms with E-state index in [-0.39, 0.29) is 55.1 Å². The van der Waals surface area contributed by atoms with Gasteiger partial charge in [-0.05, 0) is 34.7 Å². The van der Waals surface area contributed by atoms with Crippen molar-refractivity contribution in [2.24, 2.45) is 0 Å². The second-order valence-corrected chi connectivity index (χ2v) is 11.2. The van der Waals surface area contributed by atoms with Crippen LogP contribution in [0.1, 0.15) is 35.4 Å². The largest absolute Gasteiger partial charge is 0.480 e. The number of fused-ring (bicyclic) bond motifs is 4. The molecule has 1 aliphatic carbocycles. The third-order valence-electron chi connectivity index (χ3n) is 7.89. The van der Waals surface area contributed by atoms with Crippen molar-refractivity contribution in [3.63, 3.8) is 0 Å². The zero-order valence-electron chi connectivity index (χ0n) is 26.9. The Bertz CT molecular complexity index is 1990. The SMILES string of the molecule is CCOC(=O)CN(Cc1nc2c(NC(=O)OCc3ccccc3)ncnc2n1CC(=O)O)NC(=O)OCC1c2ccccc2-c2ccccc21. The van der Waals surface area contributed by atoms with Gasteiger partial charge in [0.05, 0.1) is 13.2 Å². The number of carbonyl (C=O) groups excluding carboxylic acids is 3. The number of hydrazine groups is 1. The van der Waals surface area contributed by atoms with E-state index in [2.05, 4.69) is 25.7 Å². The number of ether oxygens (including phenoxy) is 3. The van der Waals surface area contributed by atoms with Crippen LogP contribution < -0.4 is 10.7 Å². The van der Waals surface area contributed by atoms with Gasteiger partial charge in [0, 0.05) is 5.92 Å². The third-order valence-corrected chi connectivity index (χ3v) is 7.89. The summed E-state index contributed by atoms with van der Waals surface area (Å²) < 4.78 is 17.3. The number of aromatic nitrogens is 4. The summed E-state index contributed by atoms with van der Waals surface area (Å²) in [6, 6.07) is 24.9. The van der Waals surface area contributed by atoms with Gasteiger partial charge >= 0.3 is 24.1 Å². The Hall–Kier alpha value is -6.35. The number of imidazole rings is 1. The summed E-state index contributed by atoms with van der Waals surface area (Å²) >= 11 is 0. The first-order valence-electron chi connectivity index (χ1n) is 15.7. The first-order chi connectivity index (χ1) is 24.3. The van der Waals surface area contributed by atoms with Crippen molar-refractivity contribution in [1.82, 2.24) is 30.0 Å². The molecule has 0 aliphatic heterocycles. The predicted molar refractivity (Wildman–Crippen MR) is 178 cm³/mol. The molecule has 50 heavy (non-hydrogen) atoms. The van der Waals surface area contributed by atoms with Crippen LogP contribution in [0.5, 0.6) is 0 Å². The number of nitrogens with one attached hydrogen (secondary N) is 2. The second-order valence-electron chi connectivity index (χ2n) is 11.2. The van der Waals surface area contributed by atoms with Gasteiger partial charge in [-0.25, -0.2) is 24.5 Å². The van der Waals surface area contributed by atoms with Crippen LogP contribution in [0.3, 0.4) is 0 Å². The Kier molecular flexibility index (Phi) is 10.2. The van der Waals surface area contributed by atoms with Crippen molar-refractivity contribution in [2.75, 3.05) is 25.1 Å². The zero-order valence-corrected chi connectivity index (χ0v) is 26.9. The number of carboxylic acid groups (broad SMARTS) is 1. The lowest BCUT2D eigenvalue weighted by molar-refractivity contribution is -0.145. The van der Waals surface area contributed by atoms with Crippen LogP contribution in [-0.4, -0.2) is 73.5 Å². The van der Waals surface area contributed by atoms with Crippen molar-refractivity contribution >= 4 is 41.1 Å². The molecule has 256 valence electrons. The lowest BCUT2D eigenvalue weighted by Gasteiger charge is -2.22. The molecule has 0 radical (unpaired) electrons. The normalized spacial score (nSPS) is 11.9. The molecule has 2 heterocycles. The van der Waals surface area contributed by atoms with E-state index in [0.717, 1.165) is 34.1 Å². The highest BCUT2D eigenvalue weighted by Crippen LogP contribution is 2.44. The van der Waals surface area contributed by atoms with E-state index in [1.807, 2.05) is 66.7 Å². The van der Waals surface area contributed by atoms with E-state index >= 15 is 0 Å². The third kappa shape index (κ3) is 7.68. The lowest BCUT2D eigenvalue weighted by atomic mass is 9.98. The molecule has 0 atom stereocenters. The highest BCUT2D eigenvalue weighted by atomic mass is 16.6. The molecule has 0 saturated heterocycles. The number of hydrogen-bond donors (Lipinski definition) is 3. The van der Waals surface area contributed by atoms with Crippen molar-refractivity contribution in [2.45, 2.75) is 32.5 Å². The van der Waals surface area contributed by atoms with Gasteiger partial charge in [-0.15, -0.1) is 0 Å².